The van der Waals surface area contributed by atoms with Gasteiger partial charge in [0.1, 0.15) is 0 Å². The van der Waals surface area contributed by atoms with Gasteiger partial charge in [-0.05, 0) is 25.2 Å². The summed E-state index contributed by atoms with van der Waals surface area (Å²) >= 11 is 0. The summed E-state index contributed by atoms with van der Waals surface area (Å²) in [6, 6.07) is 0. The molecule has 0 amide bonds. The maximum atomic E-state index is 9.11. The summed E-state index contributed by atoms with van der Waals surface area (Å²) in [6.07, 6.45) is 8.61. The van der Waals surface area contributed by atoms with E-state index >= 15 is 0 Å². The number of rotatable bonds is 2. The molecule has 1 heteroatoms. The van der Waals surface area contributed by atoms with Crippen LogP contribution < -0.4 is 0 Å². The van der Waals surface area contributed by atoms with Crippen molar-refractivity contribution >= 4 is 0 Å². The normalized spacial score (nSPS) is 32.6. The molecule has 0 saturated heterocycles. The summed E-state index contributed by atoms with van der Waals surface area (Å²) in [4.78, 5) is 0. The molecule has 1 aliphatic carbocycles. The highest BCUT2D eigenvalue weighted by Crippen LogP contribution is 2.21. The average Bonchev–Trinajstić information content (AvgIpc) is 1.95. The molecule has 0 aromatic carbocycles. The molecule has 1 nitrogen and oxygen atoms in total. The lowest BCUT2D eigenvalue weighted by molar-refractivity contribution is 0.193. The highest BCUT2D eigenvalue weighted by molar-refractivity contribution is 4.97. The molecular formula is C9H16O. The summed E-state index contributed by atoms with van der Waals surface area (Å²) in [5.74, 6) is 0.744. The van der Waals surface area contributed by atoms with E-state index in [2.05, 4.69) is 13.0 Å². The Hall–Kier alpha value is -0.300. The van der Waals surface area contributed by atoms with E-state index in [9.17, 15) is 0 Å². The fraction of sp³-hybridized carbons (Fsp3) is 0.778. The van der Waals surface area contributed by atoms with Gasteiger partial charge < -0.3 is 5.11 Å². The zero-order valence-corrected chi connectivity index (χ0v) is 6.59. The molecular weight excluding hydrogens is 124 g/mol. The Balaban J connectivity index is 2.30. The third kappa shape index (κ3) is 2.14. The van der Waals surface area contributed by atoms with Crippen LogP contribution in [0.15, 0.2) is 12.2 Å². The Morgan fingerprint density at radius 2 is 2.20 bits per heavy atom. The lowest BCUT2D eigenvalue weighted by Gasteiger charge is -2.18. The van der Waals surface area contributed by atoms with E-state index < -0.39 is 0 Å². The van der Waals surface area contributed by atoms with Gasteiger partial charge in [-0.3, -0.25) is 0 Å². The van der Waals surface area contributed by atoms with Crippen LogP contribution in [0.4, 0.5) is 0 Å². The van der Waals surface area contributed by atoms with Crippen molar-refractivity contribution in [2.45, 2.75) is 38.7 Å². The van der Waals surface area contributed by atoms with E-state index in [-0.39, 0.29) is 6.10 Å². The first-order chi connectivity index (χ1) is 4.83. The molecule has 0 aliphatic heterocycles. The third-order valence-electron chi connectivity index (χ3n) is 2.10. The minimum Gasteiger partial charge on any atom is -0.389 e. The topological polar surface area (TPSA) is 20.2 Å². The first-order valence-electron chi connectivity index (χ1n) is 4.19. The van der Waals surface area contributed by atoms with E-state index in [1.165, 1.54) is 19.3 Å². The van der Waals surface area contributed by atoms with Crippen molar-refractivity contribution in [3.05, 3.63) is 12.2 Å². The molecule has 1 aliphatic rings. The number of aliphatic hydroxyl groups is 1. The van der Waals surface area contributed by atoms with Gasteiger partial charge in [-0.15, -0.1) is 0 Å². The fourth-order valence-corrected chi connectivity index (χ4v) is 1.47. The summed E-state index contributed by atoms with van der Waals surface area (Å²) in [5, 5.41) is 9.11. The Bertz CT molecular complexity index is 118. The van der Waals surface area contributed by atoms with Crippen LogP contribution in [-0.2, 0) is 0 Å². The third-order valence-corrected chi connectivity index (χ3v) is 2.10. The van der Waals surface area contributed by atoms with Crippen LogP contribution >= 0.6 is 0 Å². The molecule has 1 unspecified atom stereocenters. The molecule has 0 heterocycles. The molecule has 0 spiro atoms. The molecule has 0 aromatic rings. The zero-order chi connectivity index (χ0) is 7.40. The second-order valence-electron chi connectivity index (χ2n) is 3.08. The van der Waals surface area contributed by atoms with Crippen molar-refractivity contribution in [2.75, 3.05) is 0 Å². The SMILES string of the molecule is CCC[C@H]1C=CC(O)CC1. The molecule has 0 radical (unpaired) electrons. The molecule has 58 valence electrons. The molecule has 2 atom stereocenters. The van der Waals surface area contributed by atoms with E-state index in [0.717, 1.165) is 12.3 Å². The second kappa shape index (κ2) is 3.77. The zero-order valence-electron chi connectivity index (χ0n) is 6.59. The molecule has 0 fully saturated rings. The van der Waals surface area contributed by atoms with Crippen molar-refractivity contribution in [1.29, 1.82) is 0 Å². The Morgan fingerprint density at radius 1 is 1.40 bits per heavy atom. The summed E-state index contributed by atoms with van der Waals surface area (Å²) in [6.45, 7) is 2.21. The van der Waals surface area contributed by atoms with Gasteiger partial charge >= 0.3 is 0 Å². The first-order valence-corrected chi connectivity index (χ1v) is 4.19. The van der Waals surface area contributed by atoms with Crippen LogP contribution in [-0.4, -0.2) is 11.2 Å². The minimum absolute atomic E-state index is 0.159. The lowest BCUT2D eigenvalue weighted by atomic mass is 9.91. The van der Waals surface area contributed by atoms with E-state index in [0.29, 0.717) is 0 Å². The van der Waals surface area contributed by atoms with Crippen LogP contribution in [0.3, 0.4) is 0 Å². The Morgan fingerprint density at radius 3 is 2.70 bits per heavy atom. The maximum absolute atomic E-state index is 9.11. The maximum Gasteiger partial charge on any atom is 0.0721 e. The quantitative estimate of drug-likeness (QED) is 0.582. The van der Waals surface area contributed by atoms with Crippen molar-refractivity contribution in [1.82, 2.24) is 0 Å². The van der Waals surface area contributed by atoms with Gasteiger partial charge in [-0.25, -0.2) is 0 Å². The van der Waals surface area contributed by atoms with Crippen molar-refractivity contribution < 1.29 is 5.11 Å². The highest BCUT2D eigenvalue weighted by Gasteiger charge is 2.11. The monoisotopic (exact) mass is 140 g/mol. The highest BCUT2D eigenvalue weighted by atomic mass is 16.3. The predicted octanol–water partition coefficient (Wildman–Crippen LogP) is 2.11. The minimum atomic E-state index is -0.159. The number of hydrogen-bond acceptors (Lipinski definition) is 1. The van der Waals surface area contributed by atoms with Gasteiger partial charge in [-0.2, -0.15) is 0 Å². The lowest BCUT2D eigenvalue weighted by Crippen LogP contribution is -2.11. The summed E-state index contributed by atoms with van der Waals surface area (Å²) < 4.78 is 0. The van der Waals surface area contributed by atoms with Crippen LogP contribution in [0, 0.1) is 5.92 Å². The average molecular weight is 140 g/mol. The van der Waals surface area contributed by atoms with E-state index in [1.807, 2.05) is 6.08 Å². The van der Waals surface area contributed by atoms with Crippen molar-refractivity contribution in [3.8, 4) is 0 Å². The molecule has 10 heavy (non-hydrogen) atoms. The van der Waals surface area contributed by atoms with Crippen LogP contribution in [0.2, 0.25) is 0 Å². The van der Waals surface area contributed by atoms with Crippen LogP contribution in [0.5, 0.6) is 0 Å². The Labute approximate surface area is 62.8 Å². The largest absolute Gasteiger partial charge is 0.389 e. The molecule has 0 aromatic heterocycles. The predicted molar refractivity (Wildman–Crippen MR) is 42.8 cm³/mol. The molecule has 0 bridgehead atoms. The van der Waals surface area contributed by atoms with Crippen LogP contribution in [0.1, 0.15) is 32.6 Å². The standard InChI is InChI=1S/C9H16O/c1-2-3-8-4-6-9(10)7-5-8/h4,6,8-10H,2-3,5,7H2,1H3/t8-,9?/m0/s1. The second-order valence-corrected chi connectivity index (χ2v) is 3.08. The summed E-state index contributed by atoms with van der Waals surface area (Å²) in [7, 11) is 0. The van der Waals surface area contributed by atoms with Gasteiger partial charge in [0, 0.05) is 0 Å². The van der Waals surface area contributed by atoms with Gasteiger partial charge in [0.15, 0.2) is 0 Å². The van der Waals surface area contributed by atoms with Crippen LogP contribution in [0.25, 0.3) is 0 Å². The number of hydrogen-bond donors (Lipinski definition) is 1. The number of allylic oxidation sites excluding steroid dienone is 1. The van der Waals surface area contributed by atoms with Gasteiger partial charge in [0.25, 0.3) is 0 Å². The van der Waals surface area contributed by atoms with Gasteiger partial charge in [0.05, 0.1) is 6.10 Å². The molecule has 1 N–H and O–H groups in total. The molecule has 0 saturated carbocycles. The van der Waals surface area contributed by atoms with Crippen molar-refractivity contribution in [3.63, 3.8) is 0 Å². The first kappa shape index (κ1) is 7.80. The fourth-order valence-electron chi connectivity index (χ4n) is 1.47. The Kier molecular flexibility index (Phi) is 2.94. The van der Waals surface area contributed by atoms with Gasteiger partial charge in [0.2, 0.25) is 0 Å². The van der Waals surface area contributed by atoms with Crippen molar-refractivity contribution in [2.24, 2.45) is 5.92 Å². The summed E-state index contributed by atoms with van der Waals surface area (Å²) in [5.41, 5.74) is 0. The number of aliphatic hydroxyl groups excluding tert-OH is 1. The van der Waals surface area contributed by atoms with E-state index in [1.54, 1.807) is 0 Å². The van der Waals surface area contributed by atoms with Gasteiger partial charge in [-0.1, -0.05) is 25.5 Å². The molecule has 1 rings (SSSR count). The van der Waals surface area contributed by atoms with E-state index in [4.69, 9.17) is 5.11 Å². The smallest absolute Gasteiger partial charge is 0.0721 e.